The summed E-state index contributed by atoms with van der Waals surface area (Å²) in [7, 11) is 3.24. The zero-order valence-corrected chi connectivity index (χ0v) is 20.2. The number of methoxy groups -OCH3 is 2. The lowest BCUT2D eigenvalue weighted by molar-refractivity contribution is 0.0735. The Morgan fingerprint density at radius 2 is 1.80 bits per heavy atom. The van der Waals surface area contributed by atoms with E-state index in [9.17, 15) is 4.79 Å². The molecule has 2 aromatic heterocycles. The van der Waals surface area contributed by atoms with Crippen molar-refractivity contribution in [3.05, 3.63) is 89.4 Å². The molecule has 4 aromatic rings. The Labute approximate surface area is 204 Å². The van der Waals surface area contributed by atoms with E-state index in [4.69, 9.17) is 14.2 Å². The molecule has 1 amide bonds. The first-order chi connectivity index (χ1) is 17.1. The maximum atomic E-state index is 13.3. The van der Waals surface area contributed by atoms with E-state index in [1.807, 2.05) is 76.3 Å². The molecule has 1 saturated heterocycles. The van der Waals surface area contributed by atoms with Crippen LogP contribution in [0.2, 0.25) is 0 Å². The molecule has 5 rings (SSSR count). The van der Waals surface area contributed by atoms with Gasteiger partial charge in [0.15, 0.2) is 11.5 Å². The Bertz CT molecular complexity index is 1350. The third-order valence-corrected chi connectivity index (χ3v) is 6.44. The molecule has 1 aliphatic heterocycles. The molecule has 7 heteroatoms. The average molecular weight is 472 g/mol. The van der Waals surface area contributed by atoms with Crippen molar-refractivity contribution in [1.29, 1.82) is 0 Å². The summed E-state index contributed by atoms with van der Waals surface area (Å²) in [6.07, 6.45) is 5.90. The number of imidazole rings is 1. The van der Waals surface area contributed by atoms with Crippen molar-refractivity contribution < 1.29 is 19.0 Å². The molecule has 35 heavy (non-hydrogen) atoms. The summed E-state index contributed by atoms with van der Waals surface area (Å²) in [5, 5.41) is 0. The molecule has 180 valence electrons. The SMILES string of the molecule is COc1ccc(C2CCCN2C(=O)c2ccc(OCc3cn4cc(C)ccc4n3)cc2)cc1OC. The average Bonchev–Trinajstić information content (AvgIpc) is 3.54. The van der Waals surface area contributed by atoms with Gasteiger partial charge >= 0.3 is 0 Å². The minimum Gasteiger partial charge on any atom is -0.493 e. The highest BCUT2D eigenvalue weighted by atomic mass is 16.5. The van der Waals surface area contributed by atoms with E-state index < -0.39 is 0 Å². The van der Waals surface area contributed by atoms with Crippen molar-refractivity contribution in [2.45, 2.75) is 32.4 Å². The topological polar surface area (TPSA) is 65.3 Å². The fourth-order valence-electron chi connectivity index (χ4n) is 4.66. The summed E-state index contributed by atoms with van der Waals surface area (Å²) in [6.45, 7) is 3.14. The Hall–Kier alpha value is -4.00. The zero-order valence-electron chi connectivity index (χ0n) is 20.2. The van der Waals surface area contributed by atoms with Gasteiger partial charge < -0.3 is 23.5 Å². The lowest BCUT2D eigenvalue weighted by atomic mass is 10.0. The van der Waals surface area contributed by atoms with E-state index in [1.54, 1.807) is 14.2 Å². The maximum Gasteiger partial charge on any atom is 0.254 e. The molecule has 1 aliphatic rings. The second kappa shape index (κ2) is 9.70. The lowest BCUT2D eigenvalue weighted by Gasteiger charge is -2.26. The summed E-state index contributed by atoms with van der Waals surface area (Å²) in [5.74, 6) is 2.07. The number of amides is 1. The number of rotatable bonds is 7. The van der Waals surface area contributed by atoms with E-state index in [0.29, 0.717) is 29.4 Å². The number of carbonyl (C=O) groups excluding carboxylic acids is 1. The summed E-state index contributed by atoms with van der Waals surface area (Å²) in [4.78, 5) is 19.9. The predicted octanol–water partition coefficient (Wildman–Crippen LogP) is 5.22. The van der Waals surface area contributed by atoms with Gasteiger partial charge in [0.1, 0.15) is 18.0 Å². The molecule has 0 radical (unpaired) electrons. The van der Waals surface area contributed by atoms with Crippen LogP contribution in [-0.4, -0.2) is 41.0 Å². The number of nitrogens with zero attached hydrogens (tertiary/aromatic N) is 3. The van der Waals surface area contributed by atoms with Crippen LogP contribution in [0.4, 0.5) is 0 Å². The fourth-order valence-corrected chi connectivity index (χ4v) is 4.66. The number of hydrogen-bond donors (Lipinski definition) is 0. The fraction of sp³-hybridized carbons (Fsp3) is 0.286. The molecule has 7 nitrogen and oxygen atoms in total. The Kier molecular flexibility index (Phi) is 6.31. The Morgan fingerprint density at radius 3 is 2.57 bits per heavy atom. The quantitative estimate of drug-likeness (QED) is 0.370. The first-order valence-corrected chi connectivity index (χ1v) is 11.8. The van der Waals surface area contributed by atoms with Crippen LogP contribution in [-0.2, 0) is 6.61 Å². The van der Waals surface area contributed by atoms with Crippen LogP contribution >= 0.6 is 0 Å². The van der Waals surface area contributed by atoms with Gasteiger partial charge in [0.25, 0.3) is 5.91 Å². The largest absolute Gasteiger partial charge is 0.493 e. The highest BCUT2D eigenvalue weighted by molar-refractivity contribution is 5.94. The minimum atomic E-state index is 0.0110. The molecule has 1 fully saturated rings. The van der Waals surface area contributed by atoms with Crippen LogP contribution in [0.15, 0.2) is 67.0 Å². The Morgan fingerprint density at radius 1 is 1.00 bits per heavy atom. The van der Waals surface area contributed by atoms with Gasteiger partial charge in [-0.25, -0.2) is 4.98 Å². The predicted molar refractivity (Wildman–Crippen MR) is 133 cm³/mol. The van der Waals surface area contributed by atoms with Gasteiger partial charge in [0, 0.05) is 24.5 Å². The molecule has 3 heterocycles. The van der Waals surface area contributed by atoms with Crippen molar-refractivity contribution in [3.8, 4) is 17.2 Å². The highest BCUT2D eigenvalue weighted by Gasteiger charge is 2.31. The van der Waals surface area contributed by atoms with Crippen LogP contribution in [0.25, 0.3) is 5.65 Å². The van der Waals surface area contributed by atoms with E-state index in [2.05, 4.69) is 11.9 Å². The van der Waals surface area contributed by atoms with Gasteiger partial charge in [-0.15, -0.1) is 0 Å². The number of aromatic nitrogens is 2. The van der Waals surface area contributed by atoms with Crippen molar-refractivity contribution in [2.75, 3.05) is 20.8 Å². The smallest absolute Gasteiger partial charge is 0.254 e. The standard InChI is InChI=1S/C28H29N3O4/c1-19-6-13-27-29-22(17-30(27)16-19)18-35-23-10-7-20(8-11-23)28(32)31-14-4-5-24(31)21-9-12-25(33-2)26(15-21)34-3/h6-13,15-17,24H,4-5,14,18H2,1-3H3. The molecule has 2 aromatic carbocycles. The van der Waals surface area contributed by atoms with Gasteiger partial charge in [0.05, 0.1) is 26.0 Å². The van der Waals surface area contributed by atoms with Gasteiger partial charge in [-0.2, -0.15) is 0 Å². The van der Waals surface area contributed by atoms with Gasteiger partial charge in [-0.1, -0.05) is 12.1 Å². The van der Waals surface area contributed by atoms with Crippen molar-refractivity contribution >= 4 is 11.6 Å². The number of aryl methyl sites for hydroxylation is 1. The monoisotopic (exact) mass is 471 g/mol. The molecule has 0 spiro atoms. The van der Waals surface area contributed by atoms with Crippen LogP contribution < -0.4 is 14.2 Å². The molecule has 0 saturated carbocycles. The molecule has 0 bridgehead atoms. The maximum absolute atomic E-state index is 13.3. The van der Waals surface area contributed by atoms with Crippen molar-refractivity contribution in [3.63, 3.8) is 0 Å². The molecule has 0 N–H and O–H groups in total. The third kappa shape index (κ3) is 4.67. The third-order valence-electron chi connectivity index (χ3n) is 6.44. The molecular weight excluding hydrogens is 442 g/mol. The first kappa shape index (κ1) is 22.8. The van der Waals surface area contributed by atoms with Crippen LogP contribution in [0.5, 0.6) is 17.2 Å². The zero-order chi connectivity index (χ0) is 24.4. The number of fused-ring (bicyclic) bond motifs is 1. The molecule has 1 atom stereocenters. The number of likely N-dealkylation sites (tertiary alicyclic amines) is 1. The number of benzene rings is 2. The molecule has 1 unspecified atom stereocenters. The van der Waals surface area contributed by atoms with Crippen molar-refractivity contribution in [2.24, 2.45) is 0 Å². The number of carbonyl (C=O) groups is 1. The number of hydrogen-bond acceptors (Lipinski definition) is 5. The summed E-state index contributed by atoms with van der Waals surface area (Å²) in [6, 6.07) is 17.3. The van der Waals surface area contributed by atoms with Gasteiger partial charge in [-0.3, -0.25) is 4.79 Å². The summed E-state index contributed by atoms with van der Waals surface area (Å²) < 4.78 is 18.7. The number of pyridine rings is 1. The highest BCUT2D eigenvalue weighted by Crippen LogP contribution is 2.37. The minimum absolute atomic E-state index is 0.0110. The van der Waals surface area contributed by atoms with Gasteiger partial charge in [-0.05, 0) is 73.4 Å². The van der Waals surface area contributed by atoms with E-state index >= 15 is 0 Å². The lowest BCUT2D eigenvalue weighted by Crippen LogP contribution is -2.30. The van der Waals surface area contributed by atoms with Crippen LogP contribution in [0.1, 0.15) is 46.1 Å². The van der Waals surface area contributed by atoms with E-state index in [1.165, 1.54) is 5.56 Å². The Balaban J connectivity index is 1.26. The summed E-state index contributed by atoms with van der Waals surface area (Å²) in [5.41, 5.74) is 4.62. The molecular formula is C28H29N3O4. The second-order valence-corrected chi connectivity index (χ2v) is 8.79. The van der Waals surface area contributed by atoms with Crippen LogP contribution in [0.3, 0.4) is 0 Å². The van der Waals surface area contributed by atoms with Crippen molar-refractivity contribution in [1.82, 2.24) is 14.3 Å². The van der Waals surface area contributed by atoms with E-state index in [-0.39, 0.29) is 11.9 Å². The van der Waals surface area contributed by atoms with Gasteiger partial charge in [0.2, 0.25) is 0 Å². The first-order valence-electron chi connectivity index (χ1n) is 11.8. The van der Waals surface area contributed by atoms with Crippen LogP contribution in [0, 0.1) is 6.92 Å². The van der Waals surface area contributed by atoms with E-state index in [0.717, 1.165) is 36.3 Å². The number of ether oxygens (including phenoxy) is 3. The normalized spacial score (nSPS) is 15.4. The summed E-state index contributed by atoms with van der Waals surface area (Å²) >= 11 is 0. The second-order valence-electron chi connectivity index (χ2n) is 8.79. The molecule has 0 aliphatic carbocycles.